The number of carbonyl (C=O) groups is 1. The molecule has 0 bridgehead atoms. The van der Waals surface area contributed by atoms with E-state index >= 15 is 0 Å². The first kappa shape index (κ1) is 19.0. The Labute approximate surface area is 160 Å². The minimum atomic E-state index is -0.293. The molecule has 2 aromatic rings. The van der Waals surface area contributed by atoms with Gasteiger partial charge in [0.2, 0.25) is 5.91 Å². The van der Waals surface area contributed by atoms with Crippen LogP contribution in [0.4, 0.5) is 5.69 Å². The fraction of sp³-hybridized carbons (Fsp3) is 0.381. The molecular formula is C21H26N2O4. The van der Waals surface area contributed by atoms with Crippen molar-refractivity contribution in [1.29, 1.82) is 0 Å². The normalized spacial score (nSPS) is 13.9. The van der Waals surface area contributed by atoms with Gasteiger partial charge < -0.3 is 19.5 Å². The topological polar surface area (TPSA) is 60.0 Å². The van der Waals surface area contributed by atoms with Crippen LogP contribution in [0.5, 0.6) is 17.2 Å². The molecule has 1 atom stereocenters. The van der Waals surface area contributed by atoms with E-state index < -0.39 is 0 Å². The van der Waals surface area contributed by atoms with E-state index in [1.807, 2.05) is 62.2 Å². The van der Waals surface area contributed by atoms with Crippen molar-refractivity contribution in [3.05, 3.63) is 48.0 Å². The van der Waals surface area contributed by atoms with Gasteiger partial charge >= 0.3 is 0 Å². The summed E-state index contributed by atoms with van der Waals surface area (Å²) in [5.74, 6) is 2.16. The Kier molecular flexibility index (Phi) is 6.19. The lowest BCUT2D eigenvalue weighted by Crippen LogP contribution is -2.41. The Morgan fingerprint density at radius 2 is 1.93 bits per heavy atom. The van der Waals surface area contributed by atoms with Crippen molar-refractivity contribution in [2.45, 2.75) is 19.9 Å². The minimum absolute atomic E-state index is 0.0786. The number of amides is 1. The first-order valence-corrected chi connectivity index (χ1v) is 9.14. The van der Waals surface area contributed by atoms with Gasteiger partial charge in [0.1, 0.15) is 25.6 Å². The van der Waals surface area contributed by atoms with Gasteiger partial charge in [-0.25, -0.2) is 0 Å². The Balaban J connectivity index is 1.50. The average Bonchev–Trinajstić information content (AvgIpc) is 2.68. The van der Waals surface area contributed by atoms with Crippen molar-refractivity contribution in [3.8, 4) is 17.2 Å². The summed E-state index contributed by atoms with van der Waals surface area (Å²) in [6.07, 6.45) is 0. The van der Waals surface area contributed by atoms with Crippen LogP contribution in [0.3, 0.4) is 0 Å². The van der Waals surface area contributed by atoms with Crippen LogP contribution < -0.4 is 19.5 Å². The molecular weight excluding hydrogens is 344 g/mol. The molecule has 0 radical (unpaired) electrons. The molecule has 6 nitrogen and oxygen atoms in total. The third-order valence-corrected chi connectivity index (χ3v) is 4.65. The zero-order valence-corrected chi connectivity index (χ0v) is 16.0. The largest absolute Gasteiger partial charge is 0.492 e. The van der Waals surface area contributed by atoms with Gasteiger partial charge in [0.25, 0.3) is 0 Å². The van der Waals surface area contributed by atoms with Crippen LogP contribution >= 0.6 is 0 Å². The number of benzene rings is 2. The molecule has 0 saturated carbocycles. The van der Waals surface area contributed by atoms with Gasteiger partial charge in [-0.15, -0.1) is 0 Å². The number of likely N-dealkylation sites (N-methyl/N-ethyl adjacent to an activating group) is 1. The zero-order valence-electron chi connectivity index (χ0n) is 16.0. The van der Waals surface area contributed by atoms with Crippen LogP contribution in [-0.4, -0.2) is 50.3 Å². The second-order valence-corrected chi connectivity index (χ2v) is 6.62. The lowest BCUT2D eigenvalue weighted by Gasteiger charge is -2.24. The van der Waals surface area contributed by atoms with Gasteiger partial charge in [-0.2, -0.15) is 0 Å². The van der Waals surface area contributed by atoms with Crippen LogP contribution in [0.2, 0.25) is 0 Å². The van der Waals surface area contributed by atoms with E-state index in [0.717, 1.165) is 11.3 Å². The van der Waals surface area contributed by atoms with E-state index in [4.69, 9.17) is 14.2 Å². The van der Waals surface area contributed by atoms with E-state index in [2.05, 4.69) is 5.32 Å². The number of nitrogens with one attached hydrogen (secondary N) is 1. The number of anilines is 1. The van der Waals surface area contributed by atoms with Gasteiger partial charge in [0.05, 0.1) is 6.04 Å². The first-order valence-electron chi connectivity index (χ1n) is 9.14. The monoisotopic (exact) mass is 370 g/mol. The average molecular weight is 370 g/mol. The predicted molar refractivity (Wildman–Crippen MR) is 105 cm³/mol. The van der Waals surface area contributed by atoms with Crippen molar-refractivity contribution in [2.24, 2.45) is 0 Å². The number of aryl methyl sites for hydroxylation is 1. The molecule has 144 valence electrons. The number of rotatable bonds is 7. The third-order valence-electron chi connectivity index (χ3n) is 4.65. The molecule has 1 aliphatic heterocycles. The first-order chi connectivity index (χ1) is 13.0. The minimum Gasteiger partial charge on any atom is -0.492 e. The van der Waals surface area contributed by atoms with Gasteiger partial charge in [-0.1, -0.05) is 18.2 Å². The molecule has 0 aromatic heterocycles. The summed E-state index contributed by atoms with van der Waals surface area (Å²) in [7, 11) is 1.91. The SMILES string of the molecule is Cc1ccccc1OCCN(C)C(C)C(=O)Nc1ccc2c(c1)OCCO2. The van der Waals surface area contributed by atoms with Crippen molar-refractivity contribution in [3.63, 3.8) is 0 Å². The maximum absolute atomic E-state index is 12.5. The molecule has 1 unspecified atom stereocenters. The molecule has 3 rings (SSSR count). The van der Waals surface area contributed by atoms with Crippen molar-refractivity contribution < 1.29 is 19.0 Å². The van der Waals surface area contributed by atoms with Gasteiger partial charge in [0.15, 0.2) is 11.5 Å². The van der Waals surface area contributed by atoms with Crippen LogP contribution in [0, 0.1) is 6.92 Å². The number of ether oxygens (including phenoxy) is 3. The van der Waals surface area contributed by atoms with E-state index in [-0.39, 0.29) is 11.9 Å². The molecule has 1 amide bonds. The van der Waals surface area contributed by atoms with Crippen molar-refractivity contribution in [2.75, 3.05) is 38.7 Å². The van der Waals surface area contributed by atoms with E-state index in [1.54, 1.807) is 6.07 Å². The maximum atomic E-state index is 12.5. The van der Waals surface area contributed by atoms with Crippen LogP contribution in [0.15, 0.2) is 42.5 Å². The fourth-order valence-corrected chi connectivity index (χ4v) is 2.78. The van der Waals surface area contributed by atoms with Crippen molar-refractivity contribution in [1.82, 2.24) is 4.90 Å². The summed E-state index contributed by atoms with van der Waals surface area (Å²) in [5.41, 5.74) is 1.80. The fourth-order valence-electron chi connectivity index (χ4n) is 2.78. The summed E-state index contributed by atoms with van der Waals surface area (Å²) in [6.45, 7) is 6.12. The second kappa shape index (κ2) is 8.77. The second-order valence-electron chi connectivity index (χ2n) is 6.62. The molecule has 0 fully saturated rings. The molecule has 0 saturated heterocycles. The number of nitrogens with zero attached hydrogens (tertiary/aromatic N) is 1. The molecule has 6 heteroatoms. The van der Waals surface area contributed by atoms with E-state index in [0.29, 0.717) is 43.6 Å². The van der Waals surface area contributed by atoms with Crippen molar-refractivity contribution >= 4 is 11.6 Å². The van der Waals surface area contributed by atoms with E-state index in [9.17, 15) is 4.79 Å². The Morgan fingerprint density at radius 3 is 2.70 bits per heavy atom. The summed E-state index contributed by atoms with van der Waals surface area (Å²) in [4.78, 5) is 14.5. The highest BCUT2D eigenvalue weighted by Crippen LogP contribution is 2.32. The smallest absolute Gasteiger partial charge is 0.241 e. The summed E-state index contributed by atoms with van der Waals surface area (Å²) < 4.78 is 16.9. The molecule has 2 aromatic carbocycles. The highest BCUT2D eigenvalue weighted by Gasteiger charge is 2.19. The van der Waals surface area contributed by atoms with E-state index in [1.165, 1.54) is 0 Å². The molecule has 1 aliphatic rings. The third kappa shape index (κ3) is 4.92. The molecule has 1 heterocycles. The number of fused-ring (bicyclic) bond motifs is 1. The number of hydrogen-bond donors (Lipinski definition) is 1. The summed E-state index contributed by atoms with van der Waals surface area (Å²) >= 11 is 0. The van der Waals surface area contributed by atoms with Crippen LogP contribution in [0.1, 0.15) is 12.5 Å². The Morgan fingerprint density at radius 1 is 1.19 bits per heavy atom. The highest BCUT2D eigenvalue weighted by atomic mass is 16.6. The number of carbonyl (C=O) groups excluding carboxylic acids is 1. The summed E-state index contributed by atoms with van der Waals surface area (Å²) in [6, 6.07) is 13.0. The lowest BCUT2D eigenvalue weighted by atomic mass is 10.2. The molecule has 1 N–H and O–H groups in total. The molecule has 0 aliphatic carbocycles. The Bertz CT molecular complexity index is 794. The quantitative estimate of drug-likeness (QED) is 0.812. The summed E-state index contributed by atoms with van der Waals surface area (Å²) in [5, 5.41) is 2.93. The maximum Gasteiger partial charge on any atom is 0.241 e. The van der Waals surface area contributed by atoms with Gasteiger partial charge in [-0.3, -0.25) is 9.69 Å². The number of hydrogen-bond acceptors (Lipinski definition) is 5. The molecule has 27 heavy (non-hydrogen) atoms. The highest BCUT2D eigenvalue weighted by molar-refractivity contribution is 5.94. The predicted octanol–water partition coefficient (Wildman–Crippen LogP) is 3.10. The van der Waals surface area contributed by atoms with Crippen LogP contribution in [0.25, 0.3) is 0 Å². The standard InChI is InChI=1S/C21H26N2O4/c1-15-6-4-5-7-18(15)25-11-10-23(3)16(2)21(24)22-17-8-9-19-20(14-17)27-13-12-26-19/h4-9,14,16H,10-13H2,1-3H3,(H,22,24). The van der Waals surface area contributed by atoms with Gasteiger partial charge in [0, 0.05) is 18.3 Å². The van der Waals surface area contributed by atoms with Gasteiger partial charge in [-0.05, 0) is 44.7 Å². The molecule has 0 spiro atoms. The van der Waals surface area contributed by atoms with Crippen LogP contribution in [-0.2, 0) is 4.79 Å². The lowest BCUT2D eigenvalue weighted by molar-refractivity contribution is -0.120. The zero-order chi connectivity index (χ0) is 19.2. The number of para-hydroxylation sites is 1. The Hall–Kier alpha value is -2.73.